The number of hydrogen-bond acceptors (Lipinski definition) is 4. The minimum atomic E-state index is -1.23. The van der Waals surface area contributed by atoms with E-state index in [0.29, 0.717) is 0 Å². The molecular formula is C20H18F4O6. The molecule has 0 radical (unpaired) electrons. The van der Waals surface area contributed by atoms with Gasteiger partial charge < -0.3 is 19.7 Å². The third-order valence-corrected chi connectivity index (χ3v) is 3.61. The summed E-state index contributed by atoms with van der Waals surface area (Å²) in [6.45, 7) is 0. The fraction of sp³-hybridized carbons (Fsp3) is 0.200. The van der Waals surface area contributed by atoms with E-state index in [2.05, 4.69) is 9.47 Å². The molecule has 30 heavy (non-hydrogen) atoms. The van der Waals surface area contributed by atoms with Gasteiger partial charge in [0.1, 0.15) is 11.6 Å². The molecule has 0 aliphatic heterocycles. The monoisotopic (exact) mass is 430 g/mol. The summed E-state index contributed by atoms with van der Waals surface area (Å²) in [5, 5.41) is 16.7. The Bertz CT molecular complexity index is 943. The van der Waals surface area contributed by atoms with E-state index in [1.54, 1.807) is 0 Å². The quantitative estimate of drug-likeness (QED) is 0.508. The first-order valence-electron chi connectivity index (χ1n) is 8.26. The predicted molar refractivity (Wildman–Crippen MR) is 98.4 cm³/mol. The molecule has 0 heterocycles. The van der Waals surface area contributed by atoms with Crippen molar-refractivity contribution in [3.8, 4) is 11.5 Å². The molecule has 2 N–H and O–H groups in total. The van der Waals surface area contributed by atoms with E-state index in [1.807, 2.05) is 0 Å². The lowest BCUT2D eigenvalue weighted by Gasteiger charge is -2.05. The minimum absolute atomic E-state index is 0.0377. The first kappa shape index (κ1) is 24.5. The average molecular weight is 430 g/mol. The summed E-state index contributed by atoms with van der Waals surface area (Å²) in [6.07, 6.45) is 1.43. The molecular weight excluding hydrogens is 412 g/mol. The molecule has 2 aromatic rings. The molecule has 0 atom stereocenters. The summed E-state index contributed by atoms with van der Waals surface area (Å²) in [7, 11) is 2.44. The van der Waals surface area contributed by atoms with Crippen molar-refractivity contribution in [1.82, 2.24) is 0 Å². The fourth-order valence-corrected chi connectivity index (χ4v) is 2.15. The van der Waals surface area contributed by atoms with Gasteiger partial charge in [-0.3, -0.25) is 4.79 Å². The van der Waals surface area contributed by atoms with Crippen molar-refractivity contribution < 1.29 is 46.8 Å². The van der Waals surface area contributed by atoms with Crippen LogP contribution in [0.3, 0.4) is 0 Å². The van der Waals surface area contributed by atoms with Gasteiger partial charge in [-0.1, -0.05) is 0 Å². The smallest absolute Gasteiger partial charge is 0.328 e. The molecule has 10 heteroatoms. The lowest BCUT2D eigenvalue weighted by molar-refractivity contribution is -0.137. The van der Waals surface area contributed by atoms with E-state index in [9.17, 15) is 27.2 Å². The summed E-state index contributed by atoms with van der Waals surface area (Å²) in [5.74, 6) is -5.54. The molecule has 0 fully saturated rings. The molecule has 6 nitrogen and oxygen atoms in total. The first-order chi connectivity index (χ1) is 14.1. The normalized spacial score (nSPS) is 10.3. The molecule has 2 aromatic carbocycles. The lowest BCUT2D eigenvalue weighted by atomic mass is 10.1. The number of hydrogen-bond donors (Lipinski definition) is 2. The second-order valence-electron chi connectivity index (χ2n) is 5.65. The van der Waals surface area contributed by atoms with Gasteiger partial charge in [-0.05, 0) is 30.2 Å². The van der Waals surface area contributed by atoms with Crippen LogP contribution in [0.2, 0.25) is 0 Å². The lowest BCUT2D eigenvalue weighted by Crippen LogP contribution is -2.01. The summed E-state index contributed by atoms with van der Waals surface area (Å²) in [6, 6.07) is 3.59. The van der Waals surface area contributed by atoms with Crippen LogP contribution in [0.25, 0.3) is 6.08 Å². The molecule has 0 saturated heterocycles. The minimum Gasteiger partial charge on any atom is -0.494 e. The van der Waals surface area contributed by atoms with Crippen molar-refractivity contribution >= 4 is 18.0 Å². The molecule has 0 saturated carbocycles. The van der Waals surface area contributed by atoms with Gasteiger partial charge in [0, 0.05) is 30.2 Å². The molecule has 0 spiro atoms. The van der Waals surface area contributed by atoms with Crippen molar-refractivity contribution in [2.45, 2.75) is 12.8 Å². The number of aliphatic carboxylic acids is 2. The largest absolute Gasteiger partial charge is 0.494 e. The van der Waals surface area contributed by atoms with Crippen LogP contribution in [0.15, 0.2) is 30.3 Å². The van der Waals surface area contributed by atoms with Gasteiger partial charge in [0.05, 0.1) is 14.2 Å². The van der Waals surface area contributed by atoms with E-state index in [-0.39, 0.29) is 35.5 Å². The van der Waals surface area contributed by atoms with Crippen LogP contribution in [0.4, 0.5) is 17.6 Å². The van der Waals surface area contributed by atoms with Crippen LogP contribution >= 0.6 is 0 Å². The zero-order chi connectivity index (χ0) is 22.8. The van der Waals surface area contributed by atoms with E-state index in [4.69, 9.17) is 10.2 Å². The van der Waals surface area contributed by atoms with Crippen LogP contribution in [0, 0.1) is 23.3 Å². The zero-order valence-electron chi connectivity index (χ0n) is 15.9. The second kappa shape index (κ2) is 11.4. The summed E-state index contributed by atoms with van der Waals surface area (Å²) in [5.41, 5.74) is -0.105. The molecule has 0 aliphatic carbocycles. The maximum Gasteiger partial charge on any atom is 0.328 e. The van der Waals surface area contributed by atoms with Gasteiger partial charge in [-0.2, -0.15) is 0 Å². The maximum atomic E-state index is 13.2. The Morgan fingerprint density at radius 2 is 1.40 bits per heavy atom. The number of carbonyl (C=O) groups is 2. The highest BCUT2D eigenvalue weighted by atomic mass is 19.1. The Morgan fingerprint density at radius 3 is 1.90 bits per heavy atom. The van der Waals surface area contributed by atoms with Crippen molar-refractivity contribution in [3.05, 3.63) is 64.7 Å². The second-order valence-corrected chi connectivity index (χ2v) is 5.65. The van der Waals surface area contributed by atoms with Gasteiger partial charge in [-0.15, -0.1) is 0 Å². The predicted octanol–water partition coefficient (Wildman–Crippen LogP) is 4.06. The highest BCUT2D eigenvalue weighted by Gasteiger charge is 2.11. The Morgan fingerprint density at radius 1 is 0.867 bits per heavy atom. The van der Waals surface area contributed by atoms with Crippen molar-refractivity contribution in [2.24, 2.45) is 0 Å². The molecule has 162 valence electrons. The van der Waals surface area contributed by atoms with E-state index in [1.165, 1.54) is 14.2 Å². The van der Waals surface area contributed by atoms with Gasteiger partial charge in [0.2, 0.25) is 0 Å². The summed E-state index contributed by atoms with van der Waals surface area (Å²) >= 11 is 0. The SMILES string of the molecule is COc1cc(F)c(/C=C/C(=O)O)cc1F.COc1cc(F)c(CCC(=O)O)cc1F. The van der Waals surface area contributed by atoms with Crippen LogP contribution in [0.5, 0.6) is 11.5 Å². The maximum absolute atomic E-state index is 13.2. The van der Waals surface area contributed by atoms with Crippen LogP contribution in [-0.4, -0.2) is 36.4 Å². The Kier molecular flexibility index (Phi) is 9.34. The van der Waals surface area contributed by atoms with Crippen LogP contribution in [-0.2, 0) is 16.0 Å². The highest BCUT2D eigenvalue weighted by molar-refractivity contribution is 5.85. The molecule has 0 amide bonds. The molecule has 0 aromatic heterocycles. The number of ether oxygens (including phenoxy) is 2. The number of methoxy groups -OCH3 is 2. The van der Waals surface area contributed by atoms with E-state index in [0.717, 1.165) is 36.4 Å². The molecule has 0 unspecified atom stereocenters. The van der Waals surface area contributed by atoms with E-state index >= 15 is 0 Å². The number of benzene rings is 2. The fourth-order valence-electron chi connectivity index (χ4n) is 2.15. The third kappa shape index (κ3) is 7.46. The average Bonchev–Trinajstić information content (AvgIpc) is 2.68. The van der Waals surface area contributed by atoms with Crippen molar-refractivity contribution in [2.75, 3.05) is 14.2 Å². The van der Waals surface area contributed by atoms with Crippen molar-refractivity contribution in [3.63, 3.8) is 0 Å². The molecule has 0 aliphatic rings. The number of rotatable bonds is 7. The Labute approximate surface area is 169 Å². The Hall–Kier alpha value is -3.56. The van der Waals surface area contributed by atoms with Gasteiger partial charge in [-0.25, -0.2) is 22.4 Å². The van der Waals surface area contributed by atoms with Gasteiger partial charge >= 0.3 is 11.9 Å². The van der Waals surface area contributed by atoms with Crippen LogP contribution < -0.4 is 9.47 Å². The summed E-state index contributed by atoms with van der Waals surface area (Å²) in [4.78, 5) is 20.4. The van der Waals surface area contributed by atoms with Gasteiger partial charge in [0.15, 0.2) is 23.1 Å². The third-order valence-electron chi connectivity index (χ3n) is 3.61. The summed E-state index contributed by atoms with van der Waals surface area (Å²) < 4.78 is 61.7. The number of carboxylic acids is 2. The standard InChI is InChI=1S/C10H10F2O3.C10H8F2O3/c2*1-15-9-5-7(11)6(4-8(9)12)2-3-10(13)14/h4-5H,2-3H2,1H3,(H,13,14);2-5H,1H3,(H,13,14)/b;3-2+. The van der Waals surface area contributed by atoms with E-state index < -0.39 is 35.2 Å². The van der Waals surface area contributed by atoms with Crippen LogP contribution in [0.1, 0.15) is 17.5 Å². The number of halogens is 4. The van der Waals surface area contributed by atoms with Crippen molar-refractivity contribution in [1.29, 1.82) is 0 Å². The topological polar surface area (TPSA) is 93.1 Å². The van der Waals surface area contributed by atoms with Gasteiger partial charge in [0.25, 0.3) is 0 Å². The number of aryl methyl sites for hydroxylation is 1. The molecule has 0 bridgehead atoms. The zero-order valence-corrected chi connectivity index (χ0v) is 15.9. The highest BCUT2D eigenvalue weighted by Crippen LogP contribution is 2.23. The first-order valence-corrected chi connectivity index (χ1v) is 8.26. The Balaban J connectivity index is 0.000000300. The molecule has 2 rings (SSSR count). The number of carboxylic acid groups (broad SMARTS) is 2.